The molecule has 0 radical (unpaired) electrons. The van der Waals surface area contributed by atoms with E-state index >= 15 is 0 Å². The fourth-order valence-corrected chi connectivity index (χ4v) is 3.92. The number of anilines is 3. The summed E-state index contributed by atoms with van der Waals surface area (Å²) in [6.07, 6.45) is 1.20. The molecule has 1 aliphatic heterocycles. The topological polar surface area (TPSA) is 6.48 Å². The molecule has 0 aliphatic carbocycles. The van der Waals surface area contributed by atoms with Crippen LogP contribution in [-0.4, -0.2) is 19.6 Å². The standard InChI is InChI=1S/C23H32N2/c1-16(2)25-13-12-23(5,6)20-15-21(18(4)14-22(20)25)24(7)19-10-8-17(3)9-11-19/h8-11,14-16H,12-13H2,1-7H3. The van der Waals surface area contributed by atoms with Crippen molar-refractivity contribution in [3.8, 4) is 0 Å². The number of benzene rings is 2. The smallest absolute Gasteiger partial charge is 0.0442 e. The molecule has 2 nitrogen and oxygen atoms in total. The van der Waals surface area contributed by atoms with E-state index in [-0.39, 0.29) is 5.41 Å². The first kappa shape index (κ1) is 17.8. The highest BCUT2D eigenvalue weighted by Crippen LogP contribution is 2.44. The van der Waals surface area contributed by atoms with E-state index in [0.717, 1.165) is 6.54 Å². The van der Waals surface area contributed by atoms with Crippen LogP contribution in [0.1, 0.15) is 50.8 Å². The van der Waals surface area contributed by atoms with E-state index in [1.807, 2.05) is 0 Å². The maximum absolute atomic E-state index is 2.56. The van der Waals surface area contributed by atoms with E-state index in [1.54, 1.807) is 0 Å². The zero-order chi connectivity index (χ0) is 18.4. The molecular weight excluding hydrogens is 304 g/mol. The fraction of sp³-hybridized carbons (Fsp3) is 0.478. The van der Waals surface area contributed by atoms with Crippen molar-refractivity contribution in [2.24, 2.45) is 0 Å². The minimum absolute atomic E-state index is 0.220. The van der Waals surface area contributed by atoms with Gasteiger partial charge in [0.25, 0.3) is 0 Å². The molecule has 1 aliphatic rings. The predicted octanol–water partition coefficient (Wildman–Crippen LogP) is 5.97. The Morgan fingerprint density at radius 1 is 1.04 bits per heavy atom. The van der Waals surface area contributed by atoms with Crippen molar-refractivity contribution in [3.05, 3.63) is 53.1 Å². The average molecular weight is 337 g/mol. The molecule has 3 rings (SSSR count). The van der Waals surface area contributed by atoms with Crippen LogP contribution in [0.5, 0.6) is 0 Å². The second kappa shape index (κ2) is 6.40. The fourth-order valence-electron chi connectivity index (χ4n) is 3.92. The molecule has 2 heteroatoms. The van der Waals surface area contributed by atoms with Gasteiger partial charge in [0, 0.05) is 36.7 Å². The summed E-state index contributed by atoms with van der Waals surface area (Å²) in [6.45, 7) is 14.9. The van der Waals surface area contributed by atoms with Gasteiger partial charge >= 0.3 is 0 Å². The van der Waals surface area contributed by atoms with Crippen molar-refractivity contribution in [2.45, 2.75) is 59.4 Å². The molecule has 25 heavy (non-hydrogen) atoms. The zero-order valence-electron chi connectivity index (χ0n) is 16.9. The monoisotopic (exact) mass is 336 g/mol. The van der Waals surface area contributed by atoms with Crippen LogP contribution in [0.4, 0.5) is 17.1 Å². The van der Waals surface area contributed by atoms with Gasteiger partial charge < -0.3 is 9.80 Å². The lowest BCUT2D eigenvalue weighted by Gasteiger charge is -2.43. The van der Waals surface area contributed by atoms with Crippen molar-refractivity contribution in [2.75, 3.05) is 23.4 Å². The van der Waals surface area contributed by atoms with Gasteiger partial charge in [-0.25, -0.2) is 0 Å². The molecule has 1 heterocycles. The summed E-state index contributed by atoms with van der Waals surface area (Å²) in [6, 6.07) is 14.2. The molecule has 0 spiro atoms. The van der Waals surface area contributed by atoms with Crippen LogP contribution >= 0.6 is 0 Å². The highest BCUT2D eigenvalue weighted by Gasteiger charge is 2.33. The number of aryl methyl sites for hydroxylation is 2. The van der Waals surface area contributed by atoms with Crippen LogP contribution in [0, 0.1) is 13.8 Å². The number of rotatable bonds is 3. The summed E-state index contributed by atoms with van der Waals surface area (Å²) in [5.41, 5.74) is 8.30. The minimum atomic E-state index is 0.220. The van der Waals surface area contributed by atoms with Crippen molar-refractivity contribution in [3.63, 3.8) is 0 Å². The van der Waals surface area contributed by atoms with Crippen molar-refractivity contribution >= 4 is 17.1 Å². The van der Waals surface area contributed by atoms with Gasteiger partial charge in [-0.3, -0.25) is 0 Å². The largest absolute Gasteiger partial charge is 0.369 e. The Bertz CT molecular complexity index is 756. The van der Waals surface area contributed by atoms with Crippen LogP contribution in [0.3, 0.4) is 0 Å². The van der Waals surface area contributed by atoms with Crippen LogP contribution in [-0.2, 0) is 5.41 Å². The molecule has 2 aromatic carbocycles. The first-order valence-electron chi connectivity index (χ1n) is 9.43. The van der Waals surface area contributed by atoms with Gasteiger partial charge in [-0.2, -0.15) is 0 Å². The minimum Gasteiger partial charge on any atom is -0.369 e. The molecule has 2 aromatic rings. The van der Waals surface area contributed by atoms with Crippen LogP contribution in [0.15, 0.2) is 36.4 Å². The summed E-state index contributed by atoms with van der Waals surface area (Å²) < 4.78 is 0. The Kier molecular flexibility index (Phi) is 4.57. The lowest BCUT2D eigenvalue weighted by molar-refractivity contribution is 0.442. The highest BCUT2D eigenvalue weighted by atomic mass is 15.2. The molecule has 0 saturated heterocycles. The molecule has 0 atom stereocenters. The van der Waals surface area contributed by atoms with E-state index in [0.29, 0.717) is 6.04 Å². The Morgan fingerprint density at radius 2 is 1.68 bits per heavy atom. The Labute approximate surface area is 153 Å². The molecule has 134 valence electrons. The molecule has 0 bridgehead atoms. The quantitative estimate of drug-likeness (QED) is 0.681. The second-order valence-corrected chi connectivity index (χ2v) is 8.47. The molecule has 0 fully saturated rings. The van der Waals surface area contributed by atoms with E-state index in [2.05, 4.69) is 94.8 Å². The molecule has 0 N–H and O–H groups in total. The highest BCUT2D eigenvalue weighted by molar-refractivity contribution is 5.73. The summed E-state index contributed by atoms with van der Waals surface area (Å²) in [7, 11) is 2.18. The average Bonchev–Trinajstić information content (AvgIpc) is 2.54. The van der Waals surface area contributed by atoms with Crippen molar-refractivity contribution < 1.29 is 0 Å². The predicted molar refractivity (Wildman–Crippen MR) is 111 cm³/mol. The van der Waals surface area contributed by atoms with Crippen molar-refractivity contribution in [1.29, 1.82) is 0 Å². The van der Waals surface area contributed by atoms with Gasteiger partial charge in [0.15, 0.2) is 0 Å². The number of fused-ring (bicyclic) bond motifs is 1. The van der Waals surface area contributed by atoms with Gasteiger partial charge in [0.1, 0.15) is 0 Å². The molecular formula is C23H32N2. The summed E-state index contributed by atoms with van der Waals surface area (Å²) in [5.74, 6) is 0. The van der Waals surface area contributed by atoms with Crippen molar-refractivity contribution in [1.82, 2.24) is 0 Å². The first-order chi connectivity index (χ1) is 11.7. The van der Waals surface area contributed by atoms with Gasteiger partial charge in [-0.05, 0) is 74.9 Å². The van der Waals surface area contributed by atoms with E-state index in [9.17, 15) is 0 Å². The first-order valence-corrected chi connectivity index (χ1v) is 9.43. The third kappa shape index (κ3) is 3.27. The maximum atomic E-state index is 2.56. The van der Waals surface area contributed by atoms with Gasteiger partial charge in [0.05, 0.1) is 0 Å². The van der Waals surface area contributed by atoms with Crippen LogP contribution in [0.25, 0.3) is 0 Å². The van der Waals surface area contributed by atoms with Gasteiger partial charge in [0.2, 0.25) is 0 Å². The molecule has 0 aromatic heterocycles. The molecule has 0 amide bonds. The summed E-state index contributed by atoms with van der Waals surface area (Å²) in [4.78, 5) is 4.88. The lowest BCUT2D eigenvalue weighted by atomic mass is 9.76. The lowest BCUT2D eigenvalue weighted by Crippen LogP contribution is -2.41. The van der Waals surface area contributed by atoms with E-state index in [1.165, 1.54) is 40.2 Å². The Hall–Kier alpha value is -1.96. The third-order valence-corrected chi connectivity index (χ3v) is 5.74. The normalized spacial score (nSPS) is 16.1. The summed E-state index contributed by atoms with van der Waals surface area (Å²) >= 11 is 0. The van der Waals surface area contributed by atoms with E-state index in [4.69, 9.17) is 0 Å². The Balaban J connectivity index is 2.09. The number of hydrogen-bond acceptors (Lipinski definition) is 2. The van der Waals surface area contributed by atoms with E-state index < -0.39 is 0 Å². The zero-order valence-corrected chi connectivity index (χ0v) is 16.9. The van der Waals surface area contributed by atoms with Gasteiger partial charge in [-0.1, -0.05) is 31.5 Å². The second-order valence-electron chi connectivity index (χ2n) is 8.47. The molecule has 0 saturated carbocycles. The summed E-state index contributed by atoms with van der Waals surface area (Å²) in [5, 5.41) is 0. The SMILES string of the molecule is Cc1ccc(N(C)c2cc3c(cc2C)N(C(C)C)CCC3(C)C)cc1. The van der Waals surface area contributed by atoms with Crippen LogP contribution in [0.2, 0.25) is 0 Å². The third-order valence-electron chi connectivity index (χ3n) is 5.74. The maximum Gasteiger partial charge on any atom is 0.0442 e. The number of nitrogens with zero attached hydrogens (tertiary/aromatic N) is 2. The number of hydrogen-bond donors (Lipinski definition) is 0. The van der Waals surface area contributed by atoms with Crippen LogP contribution < -0.4 is 9.80 Å². The molecule has 0 unspecified atom stereocenters. The Morgan fingerprint density at radius 3 is 2.28 bits per heavy atom. The van der Waals surface area contributed by atoms with Gasteiger partial charge in [-0.15, -0.1) is 0 Å².